The highest BCUT2D eigenvalue weighted by Crippen LogP contribution is 2.51. The fraction of sp³-hybridized carbons (Fsp3) is 1.00. The number of nitrogens with one attached hydrogen (secondary N) is 1. The summed E-state index contributed by atoms with van der Waals surface area (Å²) in [6.45, 7) is 13.3. The van der Waals surface area contributed by atoms with Gasteiger partial charge in [0, 0.05) is 6.04 Å². The van der Waals surface area contributed by atoms with Crippen LogP contribution in [0.25, 0.3) is 0 Å². The zero-order valence-electron chi connectivity index (χ0n) is 11.1. The molecule has 1 N–H and O–H groups in total. The SMILES string of the molecule is CC1CC(C)(C)CC1NCC1CC1(C)C. The third kappa shape index (κ3) is 2.55. The van der Waals surface area contributed by atoms with Crippen LogP contribution in [0.5, 0.6) is 0 Å². The summed E-state index contributed by atoms with van der Waals surface area (Å²) in [5.41, 5.74) is 1.19. The molecule has 3 atom stereocenters. The van der Waals surface area contributed by atoms with Crippen molar-refractivity contribution in [3.63, 3.8) is 0 Å². The van der Waals surface area contributed by atoms with Crippen molar-refractivity contribution in [3.05, 3.63) is 0 Å². The molecule has 1 nitrogen and oxygen atoms in total. The van der Waals surface area contributed by atoms with E-state index in [2.05, 4.69) is 39.9 Å². The van der Waals surface area contributed by atoms with E-state index in [0.717, 1.165) is 17.9 Å². The maximum Gasteiger partial charge on any atom is 0.00980 e. The van der Waals surface area contributed by atoms with E-state index in [4.69, 9.17) is 0 Å². The summed E-state index contributed by atoms with van der Waals surface area (Å²) >= 11 is 0. The molecule has 15 heavy (non-hydrogen) atoms. The molecule has 0 spiro atoms. The smallest absolute Gasteiger partial charge is 0.00980 e. The van der Waals surface area contributed by atoms with Gasteiger partial charge in [0.2, 0.25) is 0 Å². The lowest BCUT2D eigenvalue weighted by atomic mass is 9.91. The Kier molecular flexibility index (Phi) is 2.65. The summed E-state index contributed by atoms with van der Waals surface area (Å²) in [5, 5.41) is 3.80. The summed E-state index contributed by atoms with van der Waals surface area (Å²) in [5.74, 6) is 1.80. The van der Waals surface area contributed by atoms with Crippen LogP contribution >= 0.6 is 0 Å². The minimum absolute atomic E-state index is 0.566. The quantitative estimate of drug-likeness (QED) is 0.750. The molecule has 0 radical (unpaired) electrons. The van der Waals surface area contributed by atoms with Crippen molar-refractivity contribution in [2.24, 2.45) is 22.7 Å². The van der Waals surface area contributed by atoms with Crippen LogP contribution < -0.4 is 5.32 Å². The molecular formula is C14H27N. The van der Waals surface area contributed by atoms with Gasteiger partial charge in [0.1, 0.15) is 0 Å². The molecule has 0 aliphatic heterocycles. The summed E-state index contributed by atoms with van der Waals surface area (Å²) < 4.78 is 0. The van der Waals surface area contributed by atoms with Crippen LogP contribution in [0.15, 0.2) is 0 Å². The molecule has 0 saturated heterocycles. The maximum atomic E-state index is 3.80. The number of hydrogen-bond acceptors (Lipinski definition) is 1. The van der Waals surface area contributed by atoms with E-state index >= 15 is 0 Å². The Morgan fingerprint density at radius 2 is 1.67 bits per heavy atom. The highest BCUT2D eigenvalue weighted by Gasteiger charge is 2.46. The molecule has 1 heteroatoms. The average molecular weight is 209 g/mol. The van der Waals surface area contributed by atoms with Crippen molar-refractivity contribution in [1.29, 1.82) is 0 Å². The van der Waals surface area contributed by atoms with E-state index < -0.39 is 0 Å². The molecule has 0 aromatic carbocycles. The highest BCUT2D eigenvalue weighted by atomic mass is 14.9. The lowest BCUT2D eigenvalue weighted by Gasteiger charge is -2.19. The Hall–Kier alpha value is -0.0400. The van der Waals surface area contributed by atoms with Crippen LogP contribution in [0.3, 0.4) is 0 Å². The normalized spacial score (nSPS) is 41.8. The molecule has 2 rings (SSSR count). The number of hydrogen-bond donors (Lipinski definition) is 1. The van der Waals surface area contributed by atoms with Crippen molar-refractivity contribution in [3.8, 4) is 0 Å². The number of rotatable bonds is 3. The van der Waals surface area contributed by atoms with Gasteiger partial charge in [-0.3, -0.25) is 0 Å². The second-order valence-corrected chi connectivity index (χ2v) is 7.45. The van der Waals surface area contributed by atoms with Gasteiger partial charge >= 0.3 is 0 Å². The minimum Gasteiger partial charge on any atom is -0.313 e. The minimum atomic E-state index is 0.566. The van der Waals surface area contributed by atoms with Gasteiger partial charge in [-0.05, 0) is 48.5 Å². The van der Waals surface area contributed by atoms with Crippen molar-refractivity contribution in [2.45, 2.75) is 59.9 Å². The molecule has 0 bridgehead atoms. The molecule has 0 amide bonds. The highest BCUT2D eigenvalue weighted by molar-refractivity contribution is 4.98. The first-order valence-corrected chi connectivity index (χ1v) is 6.54. The Balaban J connectivity index is 1.77. The first-order chi connectivity index (χ1) is 6.80. The molecule has 2 aliphatic carbocycles. The maximum absolute atomic E-state index is 3.80. The fourth-order valence-corrected chi connectivity index (χ4v) is 3.39. The van der Waals surface area contributed by atoms with E-state index in [9.17, 15) is 0 Å². The van der Waals surface area contributed by atoms with E-state index in [-0.39, 0.29) is 0 Å². The molecule has 2 saturated carbocycles. The predicted octanol–water partition coefficient (Wildman–Crippen LogP) is 3.45. The summed E-state index contributed by atoms with van der Waals surface area (Å²) in [7, 11) is 0. The van der Waals surface area contributed by atoms with Crippen molar-refractivity contribution in [2.75, 3.05) is 6.54 Å². The summed E-state index contributed by atoms with van der Waals surface area (Å²) in [6.07, 6.45) is 4.17. The van der Waals surface area contributed by atoms with Gasteiger partial charge in [-0.2, -0.15) is 0 Å². The molecule has 0 aromatic rings. The Morgan fingerprint density at radius 3 is 2.07 bits per heavy atom. The molecule has 3 unspecified atom stereocenters. The van der Waals surface area contributed by atoms with Crippen molar-refractivity contribution >= 4 is 0 Å². The first-order valence-electron chi connectivity index (χ1n) is 6.54. The Morgan fingerprint density at radius 1 is 1.07 bits per heavy atom. The second kappa shape index (κ2) is 3.48. The van der Waals surface area contributed by atoms with E-state index in [1.54, 1.807) is 0 Å². The molecule has 2 aliphatic rings. The van der Waals surface area contributed by atoms with Gasteiger partial charge in [-0.1, -0.05) is 34.6 Å². The van der Waals surface area contributed by atoms with Crippen molar-refractivity contribution in [1.82, 2.24) is 5.32 Å². The fourth-order valence-electron chi connectivity index (χ4n) is 3.39. The van der Waals surface area contributed by atoms with Crippen LogP contribution in [-0.2, 0) is 0 Å². The molecule has 2 fully saturated rings. The standard InChI is InChI=1S/C14H27N/c1-10-6-13(2,3)8-12(10)15-9-11-7-14(11,4)5/h10-12,15H,6-9H2,1-5H3. The topological polar surface area (TPSA) is 12.0 Å². The van der Waals surface area contributed by atoms with Crippen LogP contribution in [0, 0.1) is 22.7 Å². The lowest BCUT2D eigenvalue weighted by Crippen LogP contribution is -2.33. The van der Waals surface area contributed by atoms with E-state index in [0.29, 0.717) is 10.8 Å². The summed E-state index contributed by atoms with van der Waals surface area (Å²) in [4.78, 5) is 0. The monoisotopic (exact) mass is 209 g/mol. The third-order valence-corrected chi connectivity index (χ3v) is 4.68. The largest absolute Gasteiger partial charge is 0.313 e. The van der Waals surface area contributed by atoms with Gasteiger partial charge < -0.3 is 5.32 Å². The zero-order valence-corrected chi connectivity index (χ0v) is 11.1. The second-order valence-electron chi connectivity index (χ2n) is 7.45. The zero-order chi connectivity index (χ0) is 11.3. The molecule has 0 aromatic heterocycles. The van der Waals surface area contributed by atoms with Crippen LogP contribution in [0.4, 0.5) is 0 Å². The van der Waals surface area contributed by atoms with Crippen molar-refractivity contribution < 1.29 is 0 Å². The first kappa shape index (κ1) is 11.4. The predicted molar refractivity (Wildman–Crippen MR) is 65.9 cm³/mol. The van der Waals surface area contributed by atoms with Gasteiger partial charge in [0.15, 0.2) is 0 Å². The molecular weight excluding hydrogens is 182 g/mol. The Labute approximate surface area is 95.0 Å². The molecule has 0 heterocycles. The van der Waals surface area contributed by atoms with Gasteiger partial charge in [0.05, 0.1) is 0 Å². The van der Waals surface area contributed by atoms with E-state index in [1.165, 1.54) is 25.8 Å². The lowest BCUT2D eigenvalue weighted by molar-refractivity contribution is 0.360. The van der Waals surface area contributed by atoms with Gasteiger partial charge in [0.25, 0.3) is 0 Å². The third-order valence-electron chi connectivity index (χ3n) is 4.68. The van der Waals surface area contributed by atoms with Gasteiger partial charge in [-0.15, -0.1) is 0 Å². The van der Waals surface area contributed by atoms with Crippen LogP contribution in [0.1, 0.15) is 53.9 Å². The van der Waals surface area contributed by atoms with Gasteiger partial charge in [-0.25, -0.2) is 0 Å². The average Bonchev–Trinajstić information content (AvgIpc) is 2.56. The van der Waals surface area contributed by atoms with Crippen LogP contribution in [-0.4, -0.2) is 12.6 Å². The summed E-state index contributed by atoms with van der Waals surface area (Å²) in [6, 6.07) is 0.774. The molecule has 88 valence electrons. The van der Waals surface area contributed by atoms with Crippen LogP contribution in [0.2, 0.25) is 0 Å². The van der Waals surface area contributed by atoms with E-state index in [1.807, 2.05) is 0 Å². The Bertz CT molecular complexity index is 242.